The number of rotatable bonds is 8. The zero-order valence-electron chi connectivity index (χ0n) is 19.9. The summed E-state index contributed by atoms with van der Waals surface area (Å²) >= 11 is 12.0. The van der Waals surface area contributed by atoms with Crippen LogP contribution in [0, 0.1) is 0 Å². The third kappa shape index (κ3) is 5.80. The van der Waals surface area contributed by atoms with E-state index in [-0.39, 0.29) is 33.5 Å². The van der Waals surface area contributed by atoms with Gasteiger partial charge < -0.3 is 14.6 Å². The summed E-state index contributed by atoms with van der Waals surface area (Å²) in [5, 5.41) is 11.6. The maximum absolute atomic E-state index is 13.2. The molecule has 0 saturated carbocycles. The number of ether oxygens (including phenoxy) is 2. The first-order chi connectivity index (χ1) is 18.2. The van der Waals surface area contributed by atoms with E-state index in [0.717, 1.165) is 10.5 Å². The van der Waals surface area contributed by atoms with Gasteiger partial charge in [0.2, 0.25) is 0 Å². The van der Waals surface area contributed by atoms with Crippen molar-refractivity contribution in [2.45, 2.75) is 13.5 Å². The molecular weight excluding hydrogens is 535 g/mol. The van der Waals surface area contributed by atoms with Crippen LogP contribution in [0.3, 0.4) is 0 Å². The number of carbonyl (C=O) groups excluding carboxylic acids is 3. The number of hydrogen-bond acceptors (Lipinski definition) is 6. The van der Waals surface area contributed by atoms with Crippen LogP contribution in [0.4, 0.5) is 10.5 Å². The Morgan fingerprint density at radius 3 is 2.34 bits per heavy atom. The van der Waals surface area contributed by atoms with Crippen LogP contribution < -0.4 is 19.7 Å². The molecule has 0 aromatic heterocycles. The number of imide groups is 2. The fraction of sp³-hybridized carbons (Fsp3) is 0.111. The molecular formula is C27H20Cl2N2O7. The second kappa shape index (κ2) is 11.4. The van der Waals surface area contributed by atoms with Gasteiger partial charge in [0.15, 0.2) is 11.5 Å². The molecule has 38 heavy (non-hydrogen) atoms. The smallest absolute Gasteiger partial charge is 0.335 e. The van der Waals surface area contributed by atoms with Crippen LogP contribution in [-0.2, 0) is 16.2 Å². The molecule has 3 aromatic rings. The second-order valence-corrected chi connectivity index (χ2v) is 8.80. The largest absolute Gasteiger partial charge is 0.490 e. The third-order valence-corrected chi connectivity index (χ3v) is 6.18. The van der Waals surface area contributed by atoms with Gasteiger partial charge in [-0.15, -0.1) is 0 Å². The predicted octanol–water partition coefficient (Wildman–Crippen LogP) is 5.34. The van der Waals surface area contributed by atoms with Crippen LogP contribution in [0.2, 0.25) is 10.0 Å². The lowest BCUT2D eigenvalue weighted by Gasteiger charge is -2.26. The van der Waals surface area contributed by atoms with E-state index in [9.17, 15) is 19.2 Å². The molecule has 4 rings (SSSR count). The molecule has 1 aliphatic rings. The quantitative estimate of drug-likeness (QED) is 0.284. The molecule has 1 aliphatic heterocycles. The van der Waals surface area contributed by atoms with Crippen molar-refractivity contribution in [2.24, 2.45) is 0 Å². The van der Waals surface area contributed by atoms with Crippen molar-refractivity contribution < 1.29 is 33.8 Å². The Morgan fingerprint density at radius 1 is 0.947 bits per heavy atom. The average Bonchev–Trinajstić information content (AvgIpc) is 2.88. The summed E-state index contributed by atoms with van der Waals surface area (Å²) in [6.07, 6.45) is 1.34. The number of hydrogen-bond donors (Lipinski definition) is 2. The Morgan fingerprint density at radius 2 is 1.68 bits per heavy atom. The first kappa shape index (κ1) is 26.7. The van der Waals surface area contributed by atoms with Crippen LogP contribution in [0.1, 0.15) is 28.4 Å². The number of urea groups is 1. The van der Waals surface area contributed by atoms with Crippen LogP contribution >= 0.6 is 23.2 Å². The molecule has 0 spiro atoms. The summed E-state index contributed by atoms with van der Waals surface area (Å²) in [6.45, 7) is 2.27. The van der Waals surface area contributed by atoms with Crippen molar-refractivity contribution in [3.63, 3.8) is 0 Å². The molecule has 1 saturated heterocycles. The first-order valence-corrected chi connectivity index (χ1v) is 12.0. The molecule has 0 radical (unpaired) electrons. The fourth-order valence-electron chi connectivity index (χ4n) is 3.59. The summed E-state index contributed by atoms with van der Waals surface area (Å²) in [5.74, 6) is -1.93. The highest BCUT2D eigenvalue weighted by Gasteiger charge is 2.37. The number of aromatic carboxylic acids is 1. The molecule has 9 nitrogen and oxygen atoms in total. The van der Waals surface area contributed by atoms with Crippen molar-refractivity contribution in [2.75, 3.05) is 11.5 Å². The highest BCUT2D eigenvalue weighted by Crippen LogP contribution is 2.32. The van der Waals surface area contributed by atoms with E-state index in [1.165, 1.54) is 36.4 Å². The van der Waals surface area contributed by atoms with Crippen molar-refractivity contribution >= 4 is 58.8 Å². The summed E-state index contributed by atoms with van der Waals surface area (Å²) in [5.41, 5.74) is 1.25. The topological polar surface area (TPSA) is 122 Å². The minimum absolute atomic E-state index is 0.141. The lowest BCUT2D eigenvalue weighted by Crippen LogP contribution is -2.54. The van der Waals surface area contributed by atoms with Crippen LogP contribution in [-0.4, -0.2) is 35.5 Å². The maximum atomic E-state index is 13.2. The molecule has 4 amide bonds. The van der Waals surface area contributed by atoms with Crippen molar-refractivity contribution in [1.29, 1.82) is 0 Å². The van der Waals surface area contributed by atoms with Gasteiger partial charge in [-0.2, -0.15) is 0 Å². The molecule has 11 heteroatoms. The Labute approximate surface area is 227 Å². The number of carbonyl (C=O) groups is 4. The first-order valence-electron chi connectivity index (χ1n) is 11.3. The van der Waals surface area contributed by atoms with Crippen LogP contribution in [0.5, 0.6) is 11.5 Å². The number of carboxylic acid groups (broad SMARTS) is 1. The van der Waals surface area contributed by atoms with E-state index >= 15 is 0 Å². The van der Waals surface area contributed by atoms with Gasteiger partial charge in [0.25, 0.3) is 11.8 Å². The summed E-state index contributed by atoms with van der Waals surface area (Å²) < 4.78 is 11.5. The molecule has 2 N–H and O–H groups in total. The molecule has 0 aliphatic carbocycles. The molecule has 1 heterocycles. The number of barbiturate groups is 1. The number of nitrogens with zero attached hydrogens (tertiary/aromatic N) is 1. The van der Waals surface area contributed by atoms with Gasteiger partial charge in [-0.25, -0.2) is 14.5 Å². The molecule has 0 atom stereocenters. The number of carboxylic acids is 1. The molecule has 0 unspecified atom stereocenters. The molecule has 194 valence electrons. The zero-order valence-corrected chi connectivity index (χ0v) is 21.4. The Hall–Kier alpha value is -4.34. The van der Waals surface area contributed by atoms with E-state index in [1.807, 2.05) is 0 Å². The van der Waals surface area contributed by atoms with E-state index in [4.69, 9.17) is 37.8 Å². The number of amides is 4. The third-order valence-electron chi connectivity index (χ3n) is 5.44. The number of halogens is 2. The van der Waals surface area contributed by atoms with Gasteiger partial charge in [-0.05, 0) is 66.6 Å². The number of nitrogens with one attached hydrogen (secondary N) is 1. The minimum Gasteiger partial charge on any atom is -0.490 e. The van der Waals surface area contributed by atoms with Crippen molar-refractivity contribution in [3.05, 3.63) is 93.0 Å². The minimum atomic E-state index is -1.02. The summed E-state index contributed by atoms with van der Waals surface area (Å²) in [7, 11) is 0. The Kier molecular flexibility index (Phi) is 7.99. The maximum Gasteiger partial charge on any atom is 0.335 e. The zero-order chi connectivity index (χ0) is 27.4. The number of anilines is 1. The van der Waals surface area contributed by atoms with Crippen molar-refractivity contribution in [3.8, 4) is 11.5 Å². The highest BCUT2D eigenvalue weighted by molar-refractivity contribution is 6.43. The van der Waals surface area contributed by atoms with Gasteiger partial charge in [0.1, 0.15) is 12.2 Å². The molecule has 0 bridgehead atoms. The Balaban J connectivity index is 1.59. The fourth-order valence-corrected chi connectivity index (χ4v) is 3.88. The molecule has 1 fully saturated rings. The molecule has 3 aromatic carbocycles. The monoisotopic (exact) mass is 554 g/mol. The van der Waals surface area contributed by atoms with Gasteiger partial charge in [0, 0.05) is 0 Å². The summed E-state index contributed by atoms with van der Waals surface area (Å²) in [4.78, 5) is 50.0. The van der Waals surface area contributed by atoms with Crippen LogP contribution in [0.15, 0.2) is 66.2 Å². The average molecular weight is 555 g/mol. The van der Waals surface area contributed by atoms with Gasteiger partial charge >= 0.3 is 12.0 Å². The highest BCUT2D eigenvalue weighted by atomic mass is 35.5. The van der Waals surface area contributed by atoms with Crippen LogP contribution in [0.25, 0.3) is 6.08 Å². The SMILES string of the molecule is CCOc1cc(/C=C2\C(=O)NC(=O)N(c3ccc(Cl)c(Cl)c3)C2=O)ccc1OCc1ccc(C(=O)O)cc1. The Bertz CT molecular complexity index is 1470. The van der Waals surface area contributed by atoms with E-state index in [0.29, 0.717) is 23.7 Å². The van der Waals surface area contributed by atoms with E-state index in [1.54, 1.807) is 37.3 Å². The normalized spacial score (nSPS) is 14.4. The van der Waals surface area contributed by atoms with Crippen molar-refractivity contribution in [1.82, 2.24) is 5.32 Å². The number of benzene rings is 3. The van der Waals surface area contributed by atoms with E-state index < -0.39 is 23.8 Å². The lowest BCUT2D eigenvalue weighted by molar-refractivity contribution is -0.122. The van der Waals surface area contributed by atoms with E-state index in [2.05, 4.69) is 5.32 Å². The van der Waals surface area contributed by atoms with Gasteiger partial charge in [0.05, 0.1) is 27.9 Å². The predicted molar refractivity (Wildman–Crippen MR) is 141 cm³/mol. The van der Waals surface area contributed by atoms with Gasteiger partial charge in [-0.1, -0.05) is 41.4 Å². The summed E-state index contributed by atoms with van der Waals surface area (Å²) in [6, 6.07) is 14.4. The standard InChI is InChI=1S/C27H20Cl2N2O7/c1-2-37-23-12-16(5-10-22(23)38-14-15-3-6-17(7-4-15)26(34)35)11-19-24(32)30-27(36)31(25(19)33)18-8-9-20(28)21(29)13-18/h3-13H,2,14H2,1H3,(H,34,35)(H,30,32,36)/b19-11+. The van der Waals surface area contributed by atoms with Gasteiger partial charge in [-0.3, -0.25) is 14.9 Å². The lowest BCUT2D eigenvalue weighted by atomic mass is 10.1. The second-order valence-electron chi connectivity index (χ2n) is 7.99.